The smallest absolute Gasteiger partial charge is 0.408 e. The number of hydrogen-bond donors (Lipinski definition) is 2. The van der Waals surface area contributed by atoms with Gasteiger partial charge >= 0.3 is 6.09 Å². The van der Waals surface area contributed by atoms with Crippen LogP contribution in [0.25, 0.3) is 0 Å². The van der Waals surface area contributed by atoms with Crippen LogP contribution in [-0.2, 0) is 14.3 Å². The first-order valence-corrected chi connectivity index (χ1v) is 12.7. The summed E-state index contributed by atoms with van der Waals surface area (Å²) in [6.45, 7) is 14.6. The first-order valence-electron chi connectivity index (χ1n) is 11.3. The van der Waals surface area contributed by atoms with Gasteiger partial charge in [-0.3, -0.25) is 14.5 Å². The third-order valence-corrected chi connectivity index (χ3v) is 5.57. The molecule has 34 heavy (non-hydrogen) atoms. The normalized spacial score (nSPS) is 13.3. The van der Waals surface area contributed by atoms with E-state index in [9.17, 15) is 14.4 Å². The molecule has 1 rings (SSSR count). The van der Waals surface area contributed by atoms with Gasteiger partial charge in [0.15, 0.2) is 0 Å². The Balaban J connectivity index is 3.46. The Morgan fingerprint density at radius 2 is 1.76 bits per heavy atom. The van der Waals surface area contributed by atoms with Gasteiger partial charge in [0.1, 0.15) is 17.7 Å². The van der Waals surface area contributed by atoms with E-state index in [4.69, 9.17) is 11.2 Å². The SMILES string of the molecule is C#CN(C(=O)C(CCSC)NC(=O)OC(C)(C)C)C(C(=O)NC(C)(C)C)c1cccc(C)c1C. The Morgan fingerprint density at radius 3 is 2.26 bits per heavy atom. The fourth-order valence-electron chi connectivity index (χ4n) is 3.28. The van der Waals surface area contributed by atoms with Crippen LogP contribution < -0.4 is 10.6 Å². The van der Waals surface area contributed by atoms with Crippen LogP contribution in [-0.4, -0.2) is 52.0 Å². The minimum Gasteiger partial charge on any atom is -0.444 e. The van der Waals surface area contributed by atoms with Gasteiger partial charge in [0.25, 0.3) is 5.91 Å². The van der Waals surface area contributed by atoms with Crippen LogP contribution in [0.5, 0.6) is 0 Å². The van der Waals surface area contributed by atoms with Crippen molar-refractivity contribution in [2.75, 3.05) is 12.0 Å². The van der Waals surface area contributed by atoms with Crippen LogP contribution in [0.15, 0.2) is 18.2 Å². The average Bonchev–Trinajstić information content (AvgIpc) is 2.68. The van der Waals surface area contributed by atoms with Crippen molar-refractivity contribution < 1.29 is 19.1 Å². The van der Waals surface area contributed by atoms with Crippen LogP contribution in [0, 0.1) is 26.3 Å². The standard InChI is InChI=1S/C26H39N3O4S/c1-11-29(23(31)20(15-16-34-10)27-24(32)33-26(7,8)9)21(22(30)28-25(4,5)6)19-14-12-13-17(2)18(19)3/h1,12-14,20-21H,15-16H2,2-10H3,(H,27,32)(H,28,30). The number of nitrogens with zero attached hydrogens (tertiary/aromatic N) is 1. The third-order valence-electron chi connectivity index (χ3n) is 4.92. The van der Waals surface area contributed by atoms with Crippen molar-refractivity contribution in [2.45, 2.75) is 85.0 Å². The van der Waals surface area contributed by atoms with E-state index >= 15 is 0 Å². The van der Waals surface area contributed by atoms with E-state index in [0.29, 0.717) is 17.7 Å². The largest absolute Gasteiger partial charge is 0.444 e. The van der Waals surface area contributed by atoms with Crippen LogP contribution in [0.4, 0.5) is 4.79 Å². The molecule has 2 atom stereocenters. The van der Waals surface area contributed by atoms with Gasteiger partial charge in [0.2, 0.25) is 5.91 Å². The highest BCUT2D eigenvalue weighted by Crippen LogP contribution is 2.28. The maximum absolute atomic E-state index is 13.7. The van der Waals surface area contributed by atoms with Crippen LogP contribution in [0.1, 0.15) is 70.7 Å². The van der Waals surface area contributed by atoms with Gasteiger partial charge in [0.05, 0.1) is 0 Å². The average molecular weight is 490 g/mol. The number of rotatable bonds is 8. The topological polar surface area (TPSA) is 87.7 Å². The monoisotopic (exact) mass is 489 g/mol. The van der Waals surface area contributed by atoms with E-state index in [0.717, 1.165) is 16.0 Å². The molecule has 188 valence electrons. The third kappa shape index (κ3) is 8.94. The van der Waals surface area contributed by atoms with E-state index < -0.39 is 41.1 Å². The molecule has 8 heteroatoms. The summed E-state index contributed by atoms with van der Waals surface area (Å²) in [5.74, 6) is -0.335. The quantitative estimate of drug-likeness (QED) is 0.419. The fourth-order valence-corrected chi connectivity index (χ4v) is 3.75. The number of amides is 3. The number of aryl methyl sites for hydroxylation is 1. The van der Waals surface area contributed by atoms with Gasteiger partial charge in [-0.15, -0.1) is 0 Å². The molecule has 7 nitrogen and oxygen atoms in total. The molecule has 1 aromatic rings. The van der Waals surface area contributed by atoms with Gasteiger partial charge in [-0.2, -0.15) is 11.8 Å². The number of benzene rings is 1. The molecule has 0 fully saturated rings. The highest BCUT2D eigenvalue weighted by atomic mass is 32.2. The molecular weight excluding hydrogens is 450 g/mol. The predicted octanol–water partition coefficient (Wildman–Crippen LogP) is 4.32. The van der Waals surface area contributed by atoms with Crippen molar-refractivity contribution in [1.29, 1.82) is 0 Å². The number of nitrogens with one attached hydrogen (secondary N) is 2. The molecule has 0 bridgehead atoms. The van der Waals surface area contributed by atoms with Gasteiger partial charge < -0.3 is 15.4 Å². The number of terminal acetylenes is 1. The molecule has 0 aliphatic rings. The van der Waals surface area contributed by atoms with Crippen LogP contribution in [0.3, 0.4) is 0 Å². The van der Waals surface area contributed by atoms with E-state index in [-0.39, 0.29) is 0 Å². The molecule has 0 aliphatic carbocycles. The molecule has 2 unspecified atom stereocenters. The van der Waals surface area contributed by atoms with Gasteiger partial charge in [0, 0.05) is 11.6 Å². The molecule has 3 amide bonds. The number of alkyl carbamates (subject to hydrolysis) is 1. The van der Waals surface area contributed by atoms with E-state index in [1.165, 1.54) is 11.8 Å². The van der Waals surface area contributed by atoms with Crippen molar-refractivity contribution in [3.05, 3.63) is 34.9 Å². The van der Waals surface area contributed by atoms with Gasteiger partial charge in [-0.25, -0.2) is 4.79 Å². The molecule has 0 spiro atoms. The summed E-state index contributed by atoms with van der Waals surface area (Å²) in [6.07, 6.45) is 7.35. The second-order valence-corrected chi connectivity index (χ2v) is 11.2. The highest BCUT2D eigenvalue weighted by Gasteiger charge is 2.37. The van der Waals surface area contributed by atoms with E-state index in [2.05, 4.69) is 16.7 Å². The van der Waals surface area contributed by atoms with Crippen molar-refractivity contribution in [3.8, 4) is 12.5 Å². The fraction of sp³-hybridized carbons (Fsp3) is 0.577. The van der Waals surface area contributed by atoms with Crippen molar-refractivity contribution in [2.24, 2.45) is 0 Å². The number of hydrogen-bond acceptors (Lipinski definition) is 5. The molecule has 2 N–H and O–H groups in total. The lowest BCUT2D eigenvalue weighted by atomic mass is 9.94. The van der Waals surface area contributed by atoms with Gasteiger partial charge in [-0.1, -0.05) is 24.6 Å². The molecule has 0 aliphatic heterocycles. The highest BCUT2D eigenvalue weighted by molar-refractivity contribution is 7.98. The molecule has 0 saturated heterocycles. The zero-order valence-electron chi connectivity index (χ0n) is 21.9. The summed E-state index contributed by atoms with van der Waals surface area (Å²) in [5.41, 5.74) is 1.21. The Hall–Kier alpha value is -2.66. The molecular formula is C26H39N3O4S. The Labute approximate surface area is 208 Å². The number of carbonyl (C=O) groups excluding carboxylic acids is 3. The first-order chi connectivity index (χ1) is 15.6. The Bertz CT molecular complexity index is 925. The van der Waals surface area contributed by atoms with Gasteiger partial charge in [-0.05, 0) is 90.5 Å². The maximum atomic E-state index is 13.7. The molecule has 0 aromatic heterocycles. The van der Waals surface area contributed by atoms with E-state index in [1.54, 1.807) is 26.8 Å². The minimum absolute atomic E-state index is 0.331. The Morgan fingerprint density at radius 1 is 1.15 bits per heavy atom. The summed E-state index contributed by atoms with van der Waals surface area (Å²) in [7, 11) is 0. The Kier molecular flexibility index (Phi) is 10.5. The molecule has 1 aromatic carbocycles. The molecule has 0 radical (unpaired) electrons. The predicted molar refractivity (Wildman–Crippen MR) is 138 cm³/mol. The second-order valence-electron chi connectivity index (χ2n) is 10.2. The summed E-state index contributed by atoms with van der Waals surface area (Å²) >= 11 is 1.54. The number of carbonyl (C=O) groups is 3. The molecule has 0 saturated carbocycles. The zero-order valence-corrected chi connectivity index (χ0v) is 22.7. The minimum atomic E-state index is -1.06. The van der Waals surface area contributed by atoms with E-state index in [1.807, 2.05) is 53.0 Å². The lowest BCUT2D eigenvalue weighted by Gasteiger charge is -2.33. The number of ether oxygens (including phenoxy) is 1. The number of thioether (sulfide) groups is 1. The zero-order chi connectivity index (χ0) is 26.3. The lowest BCUT2D eigenvalue weighted by Crippen LogP contribution is -2.53. The van der Waals surface area contributed by atoms with Crippen molar-refractivity contribution >= 4 is 29.7 Å². The summed E-state index contributed by atoms with van der Waals surface area (Å²) in [6, 6.07) is 5.97. The molecule has 0 heterocycles. The first kappa shape index (κ1) is 29.4. The van der Waals surface area contributed by atoms with Crippen LogP contribution >= 0.6 is 11.8 Å². The maximum Gasteiger partial charge on any atom is 0.408 e. The summed E-state index contributed by atoms with van der Waals surface area (Å²) in [4.78, 5) is 40.7. The summed E-state index contributed by atoms with van der Waals surface area (Å²) in [5, 5.41) is 5.59. The van der Waals surface area contributed by atoms with Crippen molar-refractivity contribution in [1.82, 2.24) is 15.5 Å². The lowest BCUT2D eigenvalue weighted by molar-refractivity contribution is -0.139. The van der Waals surface area contributed by atoms with Crippen LogP contribution in [0.2, 0.25) is 0 Å². The second kappa shape index (κ2) is 12.2. The summed E-state index contributed by atoms with van der Waals surface area (Å²) < 4.78 is 5.35. The van der Waals surface area contributed by atoms with Crippen molar-refractivity contribution in [3.63, 3.8) is 0 Å².